The first-order chi connectivity index (χ1) is 4.63. The van der Waals surface area contributed by atoms with Gasteiger partial charge in [0, 0.05) is 0 Å². The molecule has 0 aliphatic rings. The Morgan fingerprint density at radius 3 is 1.60 bits per heavy atom. The Morgan fingerprint density at radius 1 is 1.10 bits per heavy atom. The van der Waals surface area contributed by atoms with Crippen molar-refractivity contribution in [1.82, 2.24) is 0 Å². The Hall–Kier alpha value is -0.850. The number of allylic oxidation sites excluding steroid dienone is 2. The molecule has 0 unspecified atom stereocenters. The second-order valence-electron chi connectivity index (χ2n) is 2.24. The highest BCUT2D eigenvalue weighted by atomic mass is 16.1. The molecule has 0 radical (unpaired) electrons. The summed E-state index contributed by atoms with van der Waals surface area (Å²) in [5.41, 5.74) is 1.32. The minimum Gasteiger partial charge on any atom is -0.289 e. The highest BCUT2D eigenvalue weighted by Crippen LogP contribution is 2.07. The zero-order valence-electron chi connectivity index (χ0n) is 6.74. The summed E-state index contributed by atoms with van der Waals surface area (Å²) in [6.45, 7) is 11.1. The number of ketones is 1. The molecule has 0 N–H and O–H groups in total. The lowest BCUT2D eigenvalue weighted by Crippen LogP contribution is -2.02. The van der Waals surface area contributed by atoms with Crippen LogP contribution in [-0.4, -0.2) is 5.78 Å². The largest absolute Gasteiger partial charge is 0.289 e. The Morgan fingerprint density at radius 2 is 1.40 bits per heavy atom. The SMILES string of the molecule is C=C(CC)C(=O)C(=C)CC. The minimum atomic E-state index is 0.0324. The molecule has 0 heterocycles. The molecule has 0 saturated carbocycles. The predicted octanol–water partition coefficient (Wildman–Crippen LogP) is 2.49. The molecule has 1 heteroatoms. The molecule has 0 rings (SSSR count). The minimum absolute atomic E-state index is 0.0324. The van der Waals surface area contributed by atoms with E-state index < -0.39 is 0 Å². The second kappa shape index (κ2) is 4.04. The zero-order valence-corrected chi connectivity index (χ0v) is 6.74. The fraction of sp³-hybridized carbons (Fsp3) is 0.444. The van der Waals surface area contributed by atoms with Gasteiger partial charge < -0.3 is 0 Å². The van der Waals surface area contributed by atoms with Gasteiger partial charge in [-0.05, 0) is 24.0 Å². The number of carbonyl (C=O) groups is 1. The molecule has 0 fully saturated rings. The first-order valence-corrected chi connectivity index (χ1v) is 3.53. The van der Waals surface area contributed by atoms with Crippen LogP contribution >= 0.6 is 0 Å². The standard InChI is InChI=1S/C9H14O/c1-5-7(3)9(10)8(4)6-2/h3-6H2,1-2H3. The number of Topliss-reactive ketones (excluding diaryl/α,β-unsaturated/α-hetero) is 1. The first-order valence-electron chi connectivity index (χ1n) is 3.53. The summed E-state index contributed by atoms with van der Waals surface area (Å²) in [7, 11) is 0. The van der Waals surface area contributed by atoms with Gasteiger partial charge in [0.2, 0.25) is 0 Å². The van der Waals surface area contributed by atoms with E-state index in [9.17, 15) is 4.79 Å². The molecule has 0 aliphatic carbocycles. The van der Waals surface area contributed by atoms with Crippen LogP contribution in [-0.2, 0) is 4.79 Å². The number of hydrogen-bond acceptors (Lipinski definition) is 1. The lowest BCUT2D eigenvalue weighted by Gasteiger charge is -2.00. The van der Waals surface area contributed by atoms with Gasteiger partial charge in [0.15, 0.2) is 5.78 Å². The van der Waals surface area contributed by atoms with E-state index in [0.29, 0.717) is 11.1 Å². The van der Waals surface area contributed by atoms with Crippen LogP contribution in [0.1, 0.15) is 26.7 Å². The van der Waals surface area contributed by atoms with Crippen molar-refractivity contribution in [2.45, 2.75) is 26.7 Å². The van der Waals surface area contributed by atoms with Gasteiger partial charge in [-0.25, -0.2) is 0 Å². The molecule has 0 spiro atoms. The van der Waals surface area contributed by atoms with E-state index in [2.05, 4.69) is 13.2 Å². The fourth-order valence-corrected chi connectivity index (χ4v) is 0.571. The van der Waals surface area contributed by atoms with Crippen molar-refractivity contribution >= 4 is 5.78 Å². The maximum atomic E-state index is 11.1. The Bertz CT molecular complexity index is 148. The quantitative estimate of drug-likeness (QED) is 0.545. The van der Waals surface area contributed by atoms with Crippen LogP contribution in [0.25, 0.3) is 0 Å². The van der Waals surface area contributed by atoms with Crippen molar-refractivity contribution in [3.05, 3.63) is 24.3 Å². The van der Waals surface area contributed by atoms with E-state index in [1.807, 2.05) is 13.8 Å². The van der Waals surface area contributed by atoms with E-state index in [0.717, 1.165) is 12.8 Å². The molecule has 0 aromatic carbocycles. The van der Waals surface area contributed by atoms with Crippen LogP contribution in [0.15, 0.2) is 24.3 Å². The molecule has 10 heavy (non-hydrogen) atoms. The summed E-state index contributed by atoms with van der Waals surface area (Å²) in [5.74, 6) is 0.0324. The molecule has 0 aliphatic heterocycles. The van der Waals surface area contributed by atoms with Gasteiger partial charge in [-0.1, -0.05) is 27.0 Å². The average Bonchev–Trinajstić information content (AvgIpc) is 2.00. The zero-order chi connectivity index (χ0) is 8.15. The number of rotatable bonds is 4. The first kappa shape index (κ1) is 9.15. The lowest BCUT2D eigenvalue weighted by atomic mass is 10.0. The fourth-order valence-electron chi connectivity index (χ4n) is 0.571. The summed E-state index contributed by atoms with van der Waals surface area (Å²) >= 11 is 0. The summed E-state index contributed by atoms with van der Waals surface area (Å²) < 4.78 is 0. The molecular weight excluding hydrogens is 124 g/mol. The Labute approximate surface area is 62.4 Å². The summed E-state index contributed by atoms with van der Waals surface area (Å²) in [6.07, 6.45) is 1.44. The summed E-state index contributed by atoms with van der Waals surface area (Å²) in [5, 5.41) is 0. The van der Waals surface area contributed by atoms with Crippen LogP contribution in [0.5, 0.6) is 0 Å². The van der Waals surface area contributed by atoms with Gasteiger partial charge in [0.1, 0.15) is 0 Å². The van der Waals surface area contributed by atoms with Crippen LogP contribution in [0.3, 0.4) is 0 Å². The van der Waals surface area contributed by atoms with Crippen molar-refractivity contribution in [2.24, 2.45) is 0 Å². The summed E-state index contributed by atoms with van der Waals surface area (Å²) in [6, 6.07) is 0. The third-order valence-corrected chi connectivity index (χ3v) is 1.50. The smallest absolute Gasteiger partial charge is 0.183 e. The Kier molecular flexibility index (Phi) is 3.70. The van der Waals surface area contributed by atoms with Gasteiger partial charge in [0.05, 0.1) is 0 Å². The topological polar surface area (TPSA) is 17.1 Å². The van der Waals surface area contributed by atoms with Gasteiger partial charge in [-0.15, -0.1) is 0 Å². The van der Waals surface area contributed by atoms with Gasteiger partial charge in [-0.2, -0.15) is 0 Å². The predicted molar refractivity (Wildman–Crippen MR) is 43.9 cm³/mol. The molecule has 0 amide bonds. The molecule has 1 nitrogen and oxygen atoms in total. The highest BCUT2D eigenvalue weighted by molar-refractivity contribution is 6.07. The molecule has 0 bridgehead atoms. The molecular formula is C9H14O. The number of carbonyl (C=O) groups excluding carboxylic acids is 1. The summed E-state index contributed by atoms with van der Waals surface area (Å²) in [4.78, 5) is 11.1. The van der Waals surface area contributed by atoms with Crippen molar-refractivity contribution in [3.8, 4) is 0 Å². The monoisotopic (exact) mass is 138 g/mol. The molecule has 56 valence electrons. The van der Waals surface area contributed by atoms with Crippen LogP contribution < -0.4 is 0 Å². The maximum Gasteiger partial charge on any atom is 0.183 e. The average molecular weight is 138 g/mol. The molecule has 0 atom stereocenters. The van der Waals surface area contributed by atoms with E-state index in [4.69, 9.17) is 0 Å². The van der Waals surface area contributed by atoms with Crippen molar-refractivity contribution in [3.63, 3.8) is 0 Å². The molecule has 0 aromatic heterocycles. The Balaban J connectivity index is 4.09. The van der Waals surface area contributed by atoms with E-state index >= 15 is 0 Å². The van der Waals surface area contributed by atoms with Crippen LogP contribution in [0.2, 0.25) is 0 Å². The third-order valence-electron chi connectivity index (χ3n) is 1.50. The normalized spacial score (nSPS) is 9.00. The van der Waals surface area contributed by atoms with Crippen molar-refractivity contribution < 1.29 is 4.79 Å². The van der Waals surface area contributed by atoms with E-state index in [1.54, 1.807) is 0 Å². The van der Waals surface area contributed by atoms with Gasteiger partial charge in [-0.3, -0.25) is 4.79 Å². The highest BCUT2D eigenvalue weighted by Gasteiger charge is 2.06. The molecule has 0 saturated heterocycles. The van der Waals surface area contributed by atoms with Crippen molar-refractivity contribution in [1.29, 1.82) is 0 Å². The lowest BCUT2D eigenvalue weighted by molar-refractivity contribution is -0.112. The van der Waals surface area contributed by atoms with Crippen LogP contribution in [0, 0.1) is 0 Å². The van der Waals surface area contributed by atoms with Crippen LogP contribution in [0.4, 0.5) is 0 Å². The van der Waals surface area contributed by atoms with E-state index in [-0.39, 0.29) is 5.78 Å². The van der Waals surface area contributed by atoms with Crippen molar-refractivity contribution in [2.75, 3.05) is 0 Å². The molecule has 0 aromatic rings. The van der Waals surface area contributed by atoms with E-state index in [1.165, 1.54) is 0 Å². The second-order valence-corrected chi connectivity index (χ2v) is 2.24. The number of hydrogen-bond donors (Lipinski definition) is 0. The van der Waals surface area contributed by atoms with Gasteiger partial charge in [0.25, 0.3) is 0 Å². The maximum absolute atomic E-state index is 11.1. The van der Waals surface area contributed by atoms with Gasteiger partial charge >= 0.3 is 0 Å². The third kappa shape index (κ3) is 2.18.